The smallest absolute Gasteiger partial charge is 0.136 e. The van der Waals surface area contributed by atoms with Gasteiger partial charge in [-0.2, -0.15) is 0 Å². The molecule has 1 heterocycles. The molecule has 1 aliphatic rings. The number of carbonyl (C=O) groups is 1. The molecule has 0 aromatic rings. The average Bonchev–Trinajstić information content (AvgIpc) is 2.75. The summed E-state index contributed by atoms with van der Waals surface area (Å²) in [7, 11) is 0. The third kappa shape index (κ3) is 4.09. The molecule has 0 amide bonds. The first kappa shape index (κ1) is 14.7. The topological polar surface area (TPSA) is 138 Å². The molecule has 0 aliphatic carbocycles. The van der Waals surface area contributed by atoms with Gasteiger partial charge in [-0.25, -0.2) is 0 Å². The molecule has 1 aliphatic heterocycles. The van der Waals surface area contributed by atoms with Crippen LogP contribution in [0, 0.1) is 0 Å². The molecule has 0 bridgehead atoms. The number of aliphatic carboxylic acids is 1. The molecular weight excluding hydrogens is 250 g/mol. The second-order valence-corrected chi connectivity index (χ2v) is 5.31. The number of hydrogen-bond acceptors (Lipinski definition) is 7. The summed E-state index contributed by atoms with van der Waals surface area (Å²) in [6.45, 7) is -0.637. The van der Waals surface area contributed by atoms with Crippen LogP contribution in [-0.2, 0) is 4.79 Å². The molecule has 6 N–H and O–H groups in total. The van der Waals surface area contributed by atoms with Gasteiger partial charge in [0.1, 0.15) is 29.6 Å². The van der Waals surface area contributed by atoms with E-state index in [4.69, 9.17) is 10.2 Å². The van der Waals surface area contributed by atoms with Crippen molar-refractivity contribution in [3.63, 3.8) is 0 Å². The summed E-state index contributed by atoms with van der Waals surface area (Å²) in [6, 6.07) is -0.642. The highest BCUT2D eigenvalue weighted by molar-refractivity contribution is 7.99. The van der Waals surface area contributed by atoms with Crippen molar-refractivity contribution < 1.29 is 35.6 Å². The van der Waals surface area contributed by atoms with Crippen LogP contribution < -0.4 is 10.4 Å². The molecule has 1 fully saturated rings. The summed E-state index contributed by atoms with van der Waals surface area (Å²) in [6.07, 6.45) is -3.90. The van der Waals surface area contributed by atoms with E-state index in [1.807, 2.05) is 0 Å². The van der Waals surface area contributed by atoms with Crippen molar-refractivity contribution in [2.24, 2.45) is 0 Å². The quantitative estimate of drug-likeness (QED) is 0.325. The molecule has 0 aromatic carbocycles. The van der Waals surface area contributed by atoms with E-state index in [9.17, 15) is 20.1 Å². The maximum Gasteiger partial charge on any atom is 0.136 e. The molecule has 0 aromatic heterocycles. The maximum atomic E-state index is 10.6. The Morgan fingerprint density at radius 1 is 1.41 bits per heavy atom. The predicted octanol–water partition coefficient (Wildman–Crippen LogP) is -4.79. The lowest BCUT2D eigenvalue weighted by molar-refractivity contribution is -0.686. The van der Waals surface area contributed by atoms with Gasteiger partial charge in [0.15, 0.2) is 0 Å². The molecule has 0 spiro atoms. The fraction of sp³-hybridized carbons (Fsp3) is 0.889. The summed E-state index contributed by atoms with van der Waals surface area (Å²) >= 11 is 1.35. The fourth-order valence-corrected chi connectivity index (χ4v) is 2.97. The summed E-state index contributed by atoms with van der Waals surface area (Å²) in [5, 5.41) is 48.7. The van der Waals surface area contributed by atoms with Gasteiger partial charge in [-0.05, 0) is 0 Å². The lowest BCUT2D eigenvalue weighted by atomic mass is 10.1. The van der Waals surface area contributed by atoms with Gasteiger partial charge in [-0.15, -0.1) is 0 Å². The summed E-state index contributed by atoms with van der Waals surface area (Å²) < 4.78 is 0. The molecule has 7 nitrogen and oxygen atoms in total. The minimum atomic E-state index is -1.43. The zero-order chi connectivity index (χ0) is 13.0. The normalized spacial score (nSPS) is 29.9. The summed E-state index contributed by atoms with van der Waals surface area (Å²) in [5.74, 6) is -0.760. The fourth-order valence-electron chi connectivity index (χ4n) is 1.63. The zero-order valence-electron chi connectivity index (χ0n) is 9.10. The van der Waals surface area contributed by atoms with E-state index < -0.39 is 36.9 Å². The van der Waals surface area contributed by atoms with E-state index in [1.54, 1.807) is 5.32 Å². The average molecular weight is 267 g/mol. The van der Waals surface area contributed by atoms with Gasteiger partial charge in [0.25, 0.3) is 0 Å². The molecule has 1 saturated heterocycles. The molecule has 5 atom stereocenters. The van der Waals surface area contributed by atoms with Gasteiger partial charge in [0.2, 0.25) is 0 Å². The van der Waals surface area contributed by atoms with Gasteiger partial charge < -0.3 is 35.6 Å². The monoisotopic (exact) mass is 267 g/mol. The van der Waals surface area contributed by atoms with Crippen molar-refractivity contribution in [1.29, 1.82) is 0 Å². The Hall–Kier alpha value is -0.380. The van der Waals surface area contributed by atoms with Crippen LogP contribution in [-0.4, -0.2) is 68.5 Å². The number of thioether (sulfide) groups is 1. The Morgan fingerprint density at radius 3 is 2.53 bits per heavy atom. The van der Waals surface area contributed by atoms with Crippen LogP contribution in [0.3, 0.4) is 0 Å². The lowest BCUT2D eigenvalue weighted by Crippen LogP contribution is -2.94. The number of carboxylic acids is 1. The van der Waals surface area contributed by atoms with Crippen LogP contribution in [0.25, 0.3) is 0 Å². The van der Waals surface area contributed by atoms with Crippen LogP contribution in [0.5, 0.6) is 0 Å². The Kier molecular flexibility index (Phi) is 5.63. The van der Waals surface area contributed by atoms with Crippen molar-refractivity contribution in [2.75, 3.05) is 12.4 Å². The van der Waals surface area contributed by atoms with Gasteiger partial charge in [-0.1, -0.05) is 11.8 Å². The maximum absolute atomic E-state index is 10.6. The van der Waals surface area contributed by atoms with Crippen LogP contribution in [0.2, 0.25) is 0 Å². The summed E-state index contributed by atoms with van der Waals surface area (Å²) in [5.41, 5.74) is 0. The standard InChI is InChI=1S/C9H17NO6S/c11-2-6(13)8(14)5(12)1-7-10-4(3-17-7)9(15)16/h4-8,10-14H,1-3H2,(H,15,16)/t4-,5+,6+,7-,8-/m0/s1. The van der Waals surface area contributed by atoms with Gasteiger partial charge >= 0.3 is 0 Å². The van der Waals surface area contributed by atoms with Crippen LogP contribution in [0.15, 0.2) is 0 Å². The SMILES string of the molecule is O=C([O-])[C@@H]1CS[C@@H](C[C@@H](O)[C@H](O)[C@H](O)CO)[NH2+]1. The Bertz CT molecular complexity index is 266. The number of aliphatic hydroxyl groups is 4. The van der Waals surface area contributed by atoms with E-state index in [0.717, 1.165) is 0 Å². The predicted molar refractivity (Wildman–Crippen MR) is 56.7 cm³/mol. The van der Waals surface area contributed by atoms with Crippen molar-refractivity contribution in [3.8, 4) is 0 Å². The second kappa shape index (κ2) is 6.53. The minimum absolute atomic E-state index is 0.132. The van der Waals surface area contributed by atoms with Crippen molar-refractivity contribution >= 4 is 17.7 Å². The molecule has 0 saturated carbocycles. The van der Waals surface area contributed by atoms with Crippen LogP contribution in [0.1, 0.15) is 6.42 Å². The molecule has 17 heavy (non-hydrogen) atoms. The molecule has 0 unspecified atom stereocenters. The number of rotatable bonds is 6. The molecule has 1 rings (SSSR count). The second-order valence-electron chi connectivity index (χ2n) is 4.03. The van der Waals surface area contributed by atoms with E-state index in [1.165, 1.54) is 11.8 Å². The van der Waals surface area contributed by atoms with Crippen LogP contribution in [0.4, 0.5) is 0 Å². The first-order chi connectivity index (χ1) is 7.95. The van der Waals surface area contributed by atoms with Gasteiger partial charge in [0, 0.05) is 6.42 Å². The first-order valence-electron chi connectivity index (χ1n) is 5.28. The van der Waals surface area contributed by atoms with Gasteiger partial charge in [-0.3, -0.25) is 0 Å². The van der Waals surface area contributed by atoms with Crippen molar-refractivity contribution in [2.45, 2.75) is 36.1 Å². The van der Waals surface area contributed by atoms with E-state index in [-0.39, 0.29) is 11.8 Å². The lowest BCUT2D eigenvalue weighted by Gasteiger charge is -2.22. The Balaban J connectivity index is 2.37. The highest BCUT2D eigenvalue weighted by Gasteiger charge is 2.34. The van der Waals surface area contributed by atoms with Crippen molar-refractivity contribution in [1.82, 2.24) is 0 Å². The molecule has 0 radical (unpaired) electrons. The molecular formula is C9H17NO6S. The first-order valence-corrected chi connectivity index (χ1v) is 6.33. The van der Waals surface area contributed by atoms with Crippen molar-refractivity contribution in [3.05, 3.63) is 0 Å². The van der Waals surface area contributed by atoms with E-state index in [0.29, 0.717) is 5.75 Å². The largest absolute Gasteiger partial charge is 0.544 e. The van der Waals surface area contributed by atoms with Gasteiger partial charge in [0.05, 0.1) is 18.5 Å². The van der Waals surface area contributed by atoms with E-state index in [2.05, 4.69) is 0 Å². The van der Waals surface area contributed by atoms with E-state index >= 15 is 0 Å². The minimum Gasteiger partial charge on any atom is -0.544 e. The third-order valence-corrected chi connectivity index (χ3v) is 4.02. The number of hydrogen-bond donors (Lipinski definition) is 5. The number of quaternary nitrogens is 1. The third-order valence-electron chi connectivity index (χ3n) is 2.69. The number of carbonyl (C=O) groups excluding carboxylic acids is 1. The Morgan fingerprint density at radius 2 is 2.06 bits per heavy atom. The van der Waals surface area contributed by atoms with Crippen LogP contribution >= 0.6 is 11.8 Å². The number of aliphatic hydroxyl groups excluding tert-OH is 4. The summed E-state index contributed by atoms with van der Waals surface area (Å²) in [4.78, 5) is 10.6. The highest BCUT2D eigenvalue weighted by atomic mass is 32.2. The molecule has 8 heteroatoms. The number of carboxylic acid groups (broad SMARTS) is 1. The Labute approximate surface area is 102 Å². The zero-order valence-corrected chi connectivity index (χ0v) is 9.92. The highest BCUT2D eigenvalue weighted by Crippen LogP contribution is 2.18. The number of nitrogens with two attached hydrogens (primary N) is 1. The molecule has 100 valence electrons.